The van der Waals surface area contributed by atoms with Gasteiger partial charge in [0, 0.05) is 22.8 Å². The van der Waals surface area contributed by atoms with Crippen LogP contribution in [0.2, 0.25) is 0 Å². The minimum absolute atomic E-state index is 0.112. The van der Waals surface area contributed by atoms with Gasteiger partial charge < -0.3 is 15.8 Å². The summed E-state index contributed by atoms with van der Waals surface area (Å²) < 4.78 is 5.36. The molecule has 2 aromatic carbocycles. The number of esters is 1. The van der Waals surface area contributed by atoms with Gasteiger partial charge in [-0.1, -0.05) is 30.3 Å². The van der Waals surface area contributed by atoms with Crippen molar-refractivity contribution < 1.29 is 14.3 Å². The molecule has 6 heteroatoms. The van der Waals surface area contributed by atoms with Crippen molar-refractivity contribution in [2.45, 2.75) is 6.61 Å². The summed E-state index contributed by atoms with van der Waals surface area (Å²) in [6.45, 7) is 0.112. The van der Waals surface area contributed by atoms with Crippen molar-refractivity contribution in [3.63, 3.8) is 0 Å². The van der Waals surface area contributed by atoms with Crippen molar-refractivity contribution in [1.29, 1.82) is 0 Å². The number of hydrogen-bond acceptors (Lipinski definition) is 4. The third-order valence-corrected chi connectivity index (χ3v) is 3.44. The molecule has 1 heterocycles. The Morgan fingerprint density at radius 1 is 1.08 bits per heavy atom. The van der Waals surface area contributed by atoms with Crippen molar-refractivity contribution in [2.75, 3.05) is 5.32 Å². The Bertz CT molecular complexity index is 903. The first-order valence-corrected chi connectivity index (χ1v) is 7.30. The number of nitrogens with two attached hydrogens (primary N) is 1. The first-order chi connectivity index (χ1) is 11.6. The topological polar surface area (TPSA) is 94.3 Å². The van der Waals surface area contributed by atoms with Crippen molar-refractivity contribution >= 4 is 28.6 Å². The predicted octanol–water partition coefficient (Wildman–Crippen LogP) is 3.08. The van der Waals surface area contributed by atoms with E-state index in [9.17, 15) is 9.59 Å². The summed E-state index contributed by atoms with van der Waals surface area (Å²) >= 11 is 0. The number of primary amides is 1. The number of carbonyl (C=O) groups excluding carboxylic acids is 2. The lowest BCUT2D eigenvalue weighted by Crippen LogP contribution is -2.19. The Morgan fingerprint density at radius 2 is 1.88 bits per heavy atom. The number of rotatable bonds is 4. The van der Waals surface area contributed by atoms with Gasteiger partial charge in [-0.25, -0.2) is 9.59 Å². The first kappa shape index (κ1) is 15.5. The van der Waals surface area contributed by atoms with Gasteiger partial charge in [0.25, 0.3) is 0 Å². The highest BCUT2D eigenvalue weighted by atomic mass is 16.5. The van der Waals surface area contributed by atoms with Crippen LogP contribution in [0, 0.1) is 0 Å². The van der Waals surface area contributed by atoms with Gasteiger partial charge in [0.1, 0.15) is 6.61 Å². The predicted molar refractivity (Wildman–Crippen MR) is 90.5 cm³/mol. The maximum atomic E-state index is 12.2. The van der Waals surface area contributed by atoms with E-state index in [1.54, 1.807) is 24.4 Å². The number of hydrogen-bond donors (Lipinski definition) is 2. The largest absolute Gasteiger partial charge is 0.457 e. The quantitative estimate of drug-likeness (QED) is 0.722. The van der Waals surface area contributed by atoms with Crippen LogP contribution < -0.4 is 11.1 Å². The molecule has 0 radical (unpaired) electrons. The molecule has 0 spiro atoms. The maximum absolute atomic E-state index is 12.2. The number of amides is 2. The normalized spacial score (nSPS) is 10.3. The zero-order valence-electron chi connectivity index (χ0n) is 12.7. The van der Waals surface area contributed by atoms with Crippen molar-refractivity contribution in [2.24, 2.45) is 5.73 Å². The molecule has 6 nitrogen and oxygen atoms in total. The lowest BCUT2D eigenvalue weighted by atomic mass is 10.1. The van der Waals surface area contributed by atoms with E-state index in [1.165, 1.54) is 6.07 Å². The molecule has 0 unspecified atom stereocenters. The number of fused-ring (bicyclic) bond motifs is 1. The molecule has 0 saturated heterocycles. The van der Waals surface area contributed by atoms with Gasteiger partial charge in [-0.2, -0.15) is 0 Å². The number of aromatic nitrogens is 1. The first-order valence-electron chi connectivity index (χ1n) is 7.30. The molecule has 0 aliphatic rings. The van der Waals surface area contributed by atoms with Crippen molar-refractivity contribution in [3.05, 3.63) is 71.9 Å². The highest BCUT2D eigenvalue weighted by Gasteiger charge is 2.10. The molecular weight excluding hydrogens is 306 g/mol. The minimum Gasteiger partial charge on any atom is -0.457 e. The van der Waals surface area contributed by atoms with Gasteiger partial charge in [-0.05, 0) is 24.3 Å². The summed E-state index contributed by atoms with van der Waals surface area (Å²) in [4.78, 5) is 27.4. The summed E-state index contributed by atoms with van der Waals surface area (Å²) in [6.07, 6.45) is 1.70. The molecule has 2 amide bonds. The third kappa shape index (κ3) is 3.49. The van der Waals surface area contributed by atoms with E-state index < -0.39 is 12.0 Å². The number of para-hydroxylation sites is 1. The average molecular weight is 321 g/mol. The molecule has 0 saturated carbocycles. The molecule has 1 aromatic heterocycles. The van der Waals surface area contributed by atoms with Gasteiger partial charge in [-0.15, -0.1) is 0 Å². The molecule has 24 heavy (non-hydrogen) atoms. The highest BCUT2D eigenvalue weighted by molar-refractivity contribution is 5.93. The summed E-state index contributed by atoms with van der Waals surface area (Å²) in [5, 5.41) is 3.40. The van der Waals surface area contributed by atoms with Crippen molar-refractivity contribution in [3.8, 4) is 0 Å². The molecule has 0 aliphatic heterocycles. The number of urea groups is 1. The Hall–Kier alpha value is -3.41. The van der Waals surface area contributed by atoms with Gasteiger partial charge >= 0.3 is 12.0 Å². The van der Waals surface area contributed by atoms with E-state index in [1.807, 2.05) is 30.3 Å². The summed E-state index contributed by atoms with van der Waals surface area (Å²) in [5.74, 6) is -0.490. The van der Waals surface area contributed by atoms with Crippen LogP contribution in [-0.2, 0) is 11.3 Å². The fourth-order valence-electron chi connectivity index (χ4n) is 2.38. The molecular formula is C18H15N3O3. The highest BCUT2D eigenvalue weighted by Crippen LogP contribution is 2.18. The Kier molecular flexibility index (Phi) is 4.38. The second-order valence-electron chi connectivity index (χ2n) is 5.14. The fraction of sp³-hybridized carbons (Fsp3) is 0.0556. The Morgan fingerprint density at radius 3 is 2.71 bits per heavy atom. The van der Waals surface area contributed by atoms with Crippen molar-refractivity contribution in [1.82, 2.24) is 4.98 Å². The Labute approximate surface area is 138 Å². The number of nitrogens with zero attached hydrogens (tertiary/aromatic N) is 1. The van der Waals surface area contributed by atoms with Gasteiger partial charge in [-0.3, -0.25) is 4.98 Å². The van der Waals surface area contributed by atoms with E-state index in [0.29, 0.717) is 11.3 Å². The second kappa shape index (κ2) is 6.78. The third-order valence-electron chi connectivity index (χ3n) is 3.44. The van der Waals surface area contributed by atoms with E-state index in [4.69, 9.17) is 10.5 Å². The molecule has 3 rings (SSSR count). The standard InChI is InChI=1S/C18H15N3O3/c19-18(23)21-15-8-2-5-13(10-15)17(22)24-11-14-6-1-4-12-7-3-9-20-16(12)14/h1-10H,11H2,(H3,19,21,23). The van der Waals surface area contributed by atoms with Crippen LogP contribution in [0.5, 0.6) is 0 Å². The summed E-state index contributed by atoms with van der Waals surface area (Å²) in [5.41, 5.74) is 7.46. The molecule has 3 N–H and O–H groups in total. The zero-order chi connectivity index (χ0) is 16.9. The monoisotopic (exact) mass is 321 g/mol. The second-order valence-corrected chi connectivity index (χ2v) is 5.14. The van der Waals surface area contributed by atoms with Gasteiger partial charge in [0.2, 0.25) is 0 Å². The number of ether oxygens (including phenoxy) is 1. The average Bonchev–Trinajstić information content (AvgIpc) is 2.59. The van der Waals surface area contributed by atoms with E-state index in [-0.39, 0.29) is 6.61 Å². The van der Waals surface area contributed by atoms with Crippen LogP contribution in [0.4, 0.5) is 10.5 Å². The van der Waals surface area contributed by atoms with Crippen LogP contribution >= 0.6 is 0 Å². The summed E-state index contributed by atoms with van der Waals surface area (Å²) in [7, 11) is 0. The number of anilines is 1. The van der Waals surface area contributed by atoms with E-state index >= 15 is 0 Å². The van der Waals surface area contributed by atoms with Crippen LogP contribution in [0.25, 0.3) is 10.9 Å². The molecule has 3 aromatic rings. The molecule has 120 valence electrons. The van der Waals surface area contributed by atoms with Gasteiger partial charge in [0.05, 0.1) is 11.1 Å². The minimum atomic E-state index is -0.692. The SMILES string of the molecule is NC(=O)Nc1cccc(C(=O)OCc2cccc3cccnc23)c1. The molecule has 0 aliphatic carbocycles. The fourth-order valence-corrected chi connectivity index (χ4v) is 2.38. The lowest BCUT2D eigenvalue weighted by molar-refractivity contribution is 0.0474. The van der Waals surface area contributed by atoms with E-state index in [2.05, 4.69) is 10.3 Å². The van der Waals surface area contributed by atoms with E-state index in [0.717, 1.165) is 16.5 Å². The maximum Gasteiger partial charge on any atom is 0.338 e. The summed E-state index contributed by atoms with van der Waals surface area (Å²) in [6, 6.07) is 15.2. The lowest BCUT2D eigenvalue weighted by Gasteiger charge is -2.08. The smallest absolute Gasteiger partial charge is 0.338 e. The van der Waals surface area contributed by atoms with Crippen LogP contribution in [-0.4, -0.2) is 17.0 Å². The Balaban J connectivity index is 1.74. The van der Waals surface area contributed by atoms with Gasteiger partial charge in [0.15, 0.2) is 0 Å². The zero-order valence-corrected chi connectivity index (χ0v) is 12.7. The molecule has 0 fully saturated rings. The number of carbonyl (C=O) groups is 2. The number of nitrogens with one attached hydrogen (secondary N) is 1. The van der Waals surface area contributed by atoms with Crippen LogP contribution in [0.3, 0.4) is 0 Å². The number of pyridine rings is 1. The number of benzene rings is 2. The van der Waals surface area contributed by atoms with Crippen LogP contribution in [0.15, 0.2) is 60.8 Å². The molecule has 0 bridgehead atoms. The molecule has 0 atom stereocenters. The van der Waals surface area contributed by atoms with Crippen LogP contribution in [0.1, 0.15) is 15.9 Å².